The van der Waals surface area contributed by atoms with Crippen molar-refractivity contribution in [3.8, 4) is 5.75 Å². The van der Waals surface area contributed by atoms with E-state index >= 15 is 0 Å². The number of hydrogen-bond acceptors (Lipinski definition) is 4. The lowest BCUT2D eigenvalue weighted by molar-refractivity contribution is 0.0243. The smallest absolute Gasteiger partial charge is 0.191 e. The van der Waals surface area contributed by atoms with Crippen LogP contribution in [0.15, 0.2) is 29.3 Å². The Balaban J connectivity index is 1.95. The van der Waals surface area contributed by atoms with Gasteiger partial charge in [-0.05, 0) is 46.9 Å². The van der Waals surface area contributed by atoms with Crippen molar-refractivity contribution in [2.75, 3.05) is 46.9 Å². The molecule has 0 aliphatic carbocycles. The van der Waals surface area contributed by atoms with Crippen LogP contribution in [0, 0.1) is 0 Å². The highest BCUT2D eigenvalue weighted by atomic mass is 16.5. The summed E-state index contributed by atoms with van der Waals surface area (Å²) in [6.07, 6.45) is 2.21. The van der Waals surface area contributed by atoms with Gasteiger partial charge in [0.2, 0.25) is 0 Å². The molecular formula is C20H34N4O2. The van der Waals surface area contributed by atoms with Crippen molar-refractivity contribution in [2.24, 2.45) is 4.99 Å². The highest BCUT2D eigenvalue weighted by Gasteiger charge is 2.29. The van der Waals surface area contributed by atoms with Crippen molar-refractivity contribution in [3.05, 3.63) is 29.8 Å². The number of benzene rings is 1. The van der Waals surface area contributed by atoms with E-state index in [0.29, 0.717) is 13.2 Å². The molecule has 1 aromatic rings. The molecule has 0 bridgehead atoms. The highest BCUT2D eigenvalue weighted by Crippen LogP contribution is 2.24. The molecule has 1 unspecified atom stereocenters. The number of rotatable bonds is 9. The van der Waals surface area contributed by atoms with Crippen LogP contribution in [0.1, 0.15) is 32.3 Å². The van der Waals surface area contributed by atoms with Gasteiger partial charge in [0.25, 0.3) is 0 Å². The second-order valence-electron chi connectivity index (χ2n) is 7.21. The predicted octanol–water partition coefficient (Wildman–Crippen LogP) is 2.25. The van der Waals surface area contributed by atoms with Gasteiger partial charge in [-0.3, -0.25) is 0 Å². The van der Waals surface area contributed by atoms with Gasteiger partial charge in [0, 0.05) is 31.8 Å². The van der Waals surface area contributed by atoms with Crippen molar-refractivity contribution < 1.29 is 9.47 Å². The summed E-state index contributed by atoms with van der Waals surface area (Å²) < 4.78 is 11.8. The van der Waals surface area contributed by atoms with Gasteiger partial charge < -0.3 is 25.0 Å². The molecule has 2 rings (SSSR count). The Bertz CT molecular complexity index is 569. The van der Waals surface area contributed by atoms with Crippen molar-refractivity contribution in [2.45, 2.75) is 38.8 Å². The quantitative estimate of drug-likeness (QED) is 0.521. The number of guanidine groups is 1. The first-order valence-corrected chi connectivity index (χ1v) is 9.54. The minimum absolute atomic E-state index is 0.0939. The SMILES string of the molecule is CCNC(=NCc1ccccc1OCCN(C)C)NCC1(C)CCCO1. The minimum atomic E-state index is -0.0939. The number of aliphatic imine (C=N–C) groups is 1. The molecule has 1 aliphatic rings. The molecule has 1 fully saturated rings. The largest absolute Gasteiger partial charge is 0.492 e. The second-order valence-corrected chi connectivity index (χ2v) is 7.21. The van der Waals surface area contributed by atoms with Gasteiger partial charge in [0.1, 0.15) is 12.4 Å². The minimum Gasteiger partial charge on any atom is -0.492 e. The van der Waals surface area contributed by atoms with Gasteiger partial charge in [-0.15, -0.1) is 0 Å². The van der Waals surface area contributed by atoms with Gasteiger partial charge >= 0.3 is 0 Å². The molecule has 1 saturated heterocycles. The van der Waals surface area contributed by atoms with Crippen LogP contribution in [0.25, 0.3) is 0 Å². The molecule has 6 heteroatoms. The number of nitrogens with zero attached hydrogens (tertiary/aromatic N) is 2. The summed E-state index contributed by atoms with van der Waals surface area (Å²) in [5.41, 5.74) is 0.996. The maximum atomic E-state index is 5.93. The molecular weight excluding hydrogens is 328 g/mol. The van der Waals surface area contributed by atoms with E-state index in [2.05, 4.69) is 35.4 Å². The molecule has 0 aromatic heterocycles. The topological polar surface area (TPSA) is 58.1 Å². The van der Waals surface area contributed by atoms with Crippen LogP contribution in [0.3, 0.4) is 0 Å². The summed E-state index contributed by atoms with van der Waals surface area (Å²) in [6, 6.07) is 8.10. The second kappa shape index (κ2) is 10.4. The lowest BCUT2D eigenvalue weighted by Crippen LogP contribution is -2.45. The van der Waals surface area contributed by atoms with Gasteiger partial charge in [-0.2, -0.15) is 0 Å². The first-order valence-electron chi connectivity index (χ1n) is 9.54. The van der Waals surface area contributed by atoms with Crippen LogP contribution in [0.5, 0.6) is 5.75 Å². The van der Waals surface area contributed by atoms with Gasteiger partial charge in [0.15, 0.2) is 5.96 Å². The molecule has 1 atom stereocenters. The predicted molar refractivity (Wildman–Crippen MR) is 107 cm³/mol. The van der Waals surface area contributed by atoms with Crippen LogP contribution in [0.4, 0.5) is 0 Å². The Labute approximate surface area is 158 Å². The fraction of sp³-hybridized carbons (Fsp3) is 0.650. The number of nitrogens with one attached hydrogen (secondary N) is 2. The van der Waals surface area contributed by atoms with E-state index in [1.165, 1.54) is 0 Å². The van der Waals surface area contributed by atoms with Gasteiger partial charge in [-0.1, -0.05) is 18.2 Å². The lowest BCUT2D eigenvalue weighted by Gasteiger charge is -2.24. The molecule has 0 amide bonds. The van der Waals surface area contributed by atoms with E-state index in [4.69, 9.17) is 14.5 Å². The summed E-state index contributed by atoms with van der Waals surface area (Å²) in [6.45, 7) is 8.80. The number of para-hydroxylation sites is 1. The zero-order chi connectivity index (χ0) is 18.8. The Hall–Kier alpha value is -1.79. The molecule has 0 saturated carbocycles. The fourth-order valence-electron chi connectivity index (χ4n) is 2.87. The maximum absolute atomic E-state index is 5.93. The van der Waals surface area contributed by atoms with E-state index in [1.807, 2.05) is 32.3 Å². The average molecular weight is 363 g/mol. The zero-order valence-electron chi connectivity index (χ0n) is 16.7. The molecule has 146 valence electrons. The summed E-state index contributed by atoms with van der Waals surface area (Å²) in [5.74, 6) is 1.72. The van der Waals surface area contributed by atoms with E-state index in [9.17, 15) is 0 Å². The van der Waals surface area contributed by atoms with Crippen LogP contribution in [-0.2, 0) is 11.3 Å². The van der Waals surface area contributed by atoms with Crippen molar-refractivity contribution in [1.82, 2.24) is 15.5 Å². The summed E-state index contributed by atoms with van der Waals surface area (Å²) >= 11 is 0. The lowest BCUT2D eigenvalue weighted by atomic mass is 10.0. The maximum Gasteiger partial charge on any atom is 0.191 e. The molecule has 1 heterocycles. The first kappa shape index (κ1) is 20.5. The standard InChI is InChI=1S/C20H34N4O2/c1-5-21-19(23-16-20(2)11-8-13-26-20)22-15-17-9-6-7-10-18(17)25-14-12-24(3)4/h6-7,9-10H,5,8,11-16H2,1-4H3,(H2,21,22,23). The molecule has 2 N–H and O–H groups in total. The monoisotopic (exact) mass is 362 g/mol. The Morgan fingerprint density at radius 1 is 1.31 bits per heavy atom. The normalized spacial score (nSPS) is 20.4. The summed E-state index contributed by atoms with van der Waals surface area (Å²) in [7, 11) is 4.09. The van der Waals surface area contributed by atoms with Crippen molar-refractivity contribution >= 4 is 5.96 Å². The first-order chi connectivity index (χ1) is 12.5. The van der Waals surface area contributed by atoms with Crippen molar-refractivity contribution in [1.29, 1.82) is 0 Å². The Morgan fingerprint density at radius 2 is 2.12 bits per heavy atom. The molecule has 6 nitrogen and oxygen atoms in total. The molecule has 26 heavy (non-hydrogen) atoms. The van der Waals surface area contributed by atoms with Crippen LogP contribution >= 0.6 is 0 Å². The van der Waals surface area contributed by atoms with E-state index in [1.54, 1.807) is 0 Å². The molecule has 0 radical (unpaired) electrons. The third-order valence-electron chi connectivity index (χ3n) is 4.45. The highest BCUT2D eigenvalue weighted by molar-refractivity contribution is 5.79. The molecule has 0 spiro atoms. The number of ether oxygens (including phenoxy) is 2. The van der Waals surface area contributed by atoms with Crippen LogP contribution < -0.4 is 15.4 Å². The molecule has 1 aromatic carbocycles. The van der Waals surface area contributed by atoms with Crippen LogP contribution in [-0.4, -0.2) is 63.4 Å². The van der Waals surface area contributed by atoms with Crippen LogP contribution in [0.2, 0.25) is 0 Å². The van der Waals surface area contributed by atoms with Gasteiger partial charge in [0.05, 0.1) is 12.1 Å². The Morgan fingerprint density at radius 3 is 2.81 bits per heavy atom. The summed E-state index contributed by atoms with van der Waals surface area (Å²) in [5, 5.41) is 6.72. The third kappa shape index (κ3) is 6.84. The third-order valence-corrected chi connectivity index (χ3v) is 4.45. The zero-order valence-corrected chi connectivity index (χ0v) is 16.7. The van der Waals surface area contributed by atoms with Gasteiger partial charge in [-0.25, -0.2) is 4.99 Å². The average Bonchev–Trinajstić information content (AvgIpc) is 3.05. The van der Waals surface area contributed by atoms with Crippen molar-refractivity contribution in [3.63, 3.8) is 0 Å². The number of likely N-dealkylation sites (N-methyl/N-ethyl adjacent to an activating group) is 1. The van der Waals surface area contributed by atoms with E-state index < -0.39 is 0 Å². The summed E-state index contributed by atoms with van der Waals surface area (Å²) in [4.78, 5) is 6.84. The fourth-order valence-corrected chi connectivity index (χ4v) is 2.87. The van der Waals surface area contributed by atoms with E-state index in [0.717, 1.165) is 56.4 Å². The number of hydrogen-bond donors (Lipinski definition) is 2. The molecule has 1 aliphatic heterocycles. The Kier molecular flexibility index (Phi) is 8.19. The van der Waals surface area contributed by atoms with E-state index in [-0.39, 0.29) is 5.60 Å².